The Labute approximate surface area is 156 Å². The summed E-state index contributed by atoms with van der Waals surface area (Å²) >= 11 is 1.56. The summed E-state index contributed by atoms with van der Waals surface area (Å²) in [5.41, 5.74) is 3.23. The number of aryl methyl sites for hydroxylation is 2. The van der Waals surface area contributed by atoms with Crippen LogP contribution < -0.4 is 4.72 Å². The van der Waals surface area contributed by atoms with E-state index in [9.17, 15) is 13.2 Å². The number of rotatable bonds is 8. The summed E-state index contributed by atoms with van der Waals surface area (Å²) < 4.78 is 33.8. The van der Waals surface area contributed by atoms with E-state index < -0.39 is 22.0 Å². The number of thioether (sulfide) groups is 1. The van der Waals surface area contributed by atoms with Crippen molar-refractivity contribution in [2.24, 2.45) is 0 Å². The third-order valence-corrected chi connectivity index (χ3v) is 6.50. The summed E-state index contributed by atoms with van der Waals surface area (Å²) in [4.78, 5) is 12.6. The van der Waals surface area contributed by atoms with E-state index in [4.69, 9.17) is 4.74 Å². The molecule has 0 heterocycles. The molecule has 0 aromatic heterocycles. The average Bonchev–Trinajstić information content (AvgIpc) is 2.48. The second-order valence-electron chi connectivity index (χ2n) is 6.53. The number of carbonyl (C=O) groups is 1. The third kappa shape index (κ3) is 5.72. The van der Waals surface area contributed by atoms with Gasteiger partial charge in [0.1, 0.15) is 6.04 Å². The molecule has 0 aliphatic heterocycles. The molecule has 1 aromatic carbocycles. The zero-order valence-corrected chi connectivity index (χ0v) is 17.7. The van der Waals surface area contributed by atoms with Crippen molar-refractivity contribution >= 4 is 27.8 Å². The molecule has 25 heavy (non-hydrogen) atoms. The molecule has 1 N–H and O–H groups in total. The molecule has 0 aliphatic carbocycles. The molecular weight excluding hydrogens is 358 g/mol. The van der Waals surface area contributed by atoms with Crippen molar-refractivity contribution in [1.29, 1.82) is 0 Å². The Morgan fingerprint density at radius 3 is 2.12 bits per heavy atom. The Balaban J connectivity index is 3.25. The summed E-state index contributed by atoms with van der Waals surface area (Å²) in [6.45, 7) is 10.9. The predicted octanol–water partition coefficient (Wildman–Crippen LogP) is 3.27. The summed E-state index contributed by atoms with van der Waals surface area (Å²) in [5.74, 6) is 0.123. The minimum atomic E-state index is -3.84. The number of carbonyl (C=O) groups excluding carboxylic acids is 1. The first kappa shape index (κ1) is 22.0. The van der Waals surface area contributed by atoms with E-state index in [1.54, 1.807) is 39.5 Å². The van der Waals surface area contributed by atoms with E-state index in [1.165, 1.54) is 0 Å². The molecule has 0 bridgehead atoms. The second kappa shape index (κ2) is 9.05. The highest BCUT2D eigenvalue weighted by molar-refractivity contribution is 7.98. The van der Waals surface area contributed by atoms with Gasteiger partial charge >= 0.3 is 5.97 Å². The van der Waals surface area contributed by atoms with Crippen LogP contribution in [0.4, 0.5) is 0 Å². The maximum absolute atomic E-state index is 13.0. The fourth-order valence-electron chi connectivity index (χ4n) is 2.61. The molecule has 1 rings (SSSR count). The van der Waals surface area contributed by atoms with Crippen LogP contribution in [0.3, 0.4) is 0 Å². The first-order valence-electron chi connectivity index (χ1n) is 8.30. The fraction of sp³-hybridized carbons (Fsp3) is 0.611. The van der Waals surface area contributed by atoms with Crippen LogP contribution >= 0.6 is 11.8 Å². The Bertz CT molecular complexity index is 701. The van der Waals surface area contributed by atoms with Gasteiger partial charge in [-0.3, -0.25) is 4.79 Å². The molecule has 0 fully saturated rings. The van der Waals surface area contributed by atoms with Crippen LogP contribution in [0.2, 0.25) is 0 Å². The standard InChI is InChI=1S/C18H29NO4S2/c1-11(2)23-18(20)16(8-9-24-7)19-25(21,22)17-14(5)12(3)10-13(4)15(17)6/h10-11,16,19H,8-9H2,1-7H3. The van der Waals surface area contributed by atoms with Crippen LogP contribution in [0.15, 0.2) is 11.0 Å². The van der Waals surface area contributed by atoms with Gasteiger partial charge in [0.25, 0.3) is 0 Å². The van der Waals surface area contributed by atoms with Gasteiger partial charge < -0.3 is 4.74 Å². The maximum Gasteiger partial charge on any atom is 0.324 e. The van der Waals surface area contributed by atoms with Crippen molar-refractivity contribution < 1.29 is 17.9 Å². The molecule has 0 saturated heterocycles. The largest absolute Gasteiger partial charge is 0.462 e. The Morgan fingerprint density at radius 2 is 1.68 bits per heavy atom. The van der Waals surface area contributed by atoms with E-state index in [0.717, 1.165) is 11.1 Å². The van der Waals surface area contributed by atoms with Gasteiger partial charge in [-0.2, -0.15) is 16.5 Å². The first-order chi connectivity index (χ1) is 11.5. The quantitative estimate of drug-likeness (QED) is 0.693. The molecule has 5 nitrogen and oxygen atoms in total. The summed E-state index contributed by atoms with van der Waals surface area (Å²) in [7, 11) is -3.84. The van der Waals surface area contributed by atoms with Gasteiger partial charge in [0.05, 0.1) is 11.0 Å². The number of esters is 1. The summed E-state index contributed by atoms with van der Waals surface area (Å²) in [6.07, 6.45) is 2.00. The van der Waals surface area contributed by atoms with Crippen LogP contribution in [-0.4, -0.2) is 38.5 Å². The minimum Gasteiger partial charge on any atom is -0.462 e. The zero-order chi connectivity index (χ0) is 19.4. The summed E-state index contributed by atoms with van der Waals surface area (Å²) in [6, 6.07) is 1.08. The molecule has 142 valence electrons. The molecule has 0 saturated carbocycles. The van der Waals surface area contributed by atoms with Crippen molar-refractivity contribution in [2.45, 2.75) is 65.0 Å². The SMILES string of the molecule is CSCCC(NS(=O)(=O)c1c(C)c(C)cc(C)c1C)C(=O)OC(C)C. The molecular formula is C18H29NO4S2. The van der Waals surface area contributed by atoms with E-state index in [2.05, 4.69) is 4.72 Å². The van der Waals surface area contributed by atoms with E-state index in [0.29, 0.717) is 23.3 Å². The third-order valence-electron chi connectivity index (χ3n) is 4.11. The van der Waals surface area contributed by atoms with Gasteiger partial charge in [-0.15, -0.1) is 0 Å². The monoisotopic (exact) mass is 387 g/mol. The van der Waals surface area contributed by atoms with E-state index >= 15 is 0 Å². The zero-order valence-electron chi connectivity index (χ0n) is 16.1. The highest BCUT2D eigenvalue weighted by atomic mass is 32.2. The maximum atomic E-state index is 13.0. The fourth-order valence-corrected chi connectivity index (χ4v) is 4.91. The molecule has 0 amide bonds. The molecule has 7 heteroatoms. The van der Waals surface area contributed by atoms with E-state index in [-0.39, 0.29) is 11.0 Å². The lowest BCUT2D eigenvalue weighted by Crippen LogP contribution is -2.43. The van der Waals surface area contributed by atoms with Crippen LogP contribution in [0.5, 0.6) is 0 Å². The molecule has 0 radical (unpaired) electrons. The lowest BCUT2D eigenvalue weighted by Gasteiger charge is -2.21. The first-order valence-corrected chi connectivity index (χ1v) is 11.2. The van der Waals surface area contributed by atoms with Crippen molar-refractivity contribution in [3.8, 4) is 0 Å². The van der Waals surface area contributed by atoms with Gasteiger partial charge in [0.15, 0.2) is 0 Å². The van der Waals surface area contributed by atoms with Crippen molar-refractivity contribution in [3.63, 3.8) is 0 Å². The van der Waals surface area contributed by atoms with Crippen molar-refractivity contribution in [1.82, 2.24) is 4.72 Å². The molecule has 0 spiro atoms. The number of benzene rings is 1. The van der Waals surface area contributed by atoms with Gasteiger partial charge in [-0.25, -0.2) is 8.42 Å². The van der Waals surface area contributed by atoms with Crippen LogP contribution in [0.1, 0.15) is 42.5 Å². The van der Waals surface area contributed by atoms with Gasteiger partial charge in [-0.05, 0) is 82.2 Å². The van der Waals surface area contributed by atoms with Crippen molar-refractivity contribution in [2.75, 3.05) is 12.0 Å². The van der Waals surface area contributed by atoms with Gasteiger partial charge in [0, 0.05) is 0 Å². The average molecular weight is 388 g/mol. The predicted molar refractivity (Wildman–Crippen MR) is 104 cm³/mol. The molecule has 1 aromatic rings. The second-order valence-corrected chi connectivity index (χ2v) is 9.17. The lowest BCUT2D eigenvalue weighted by atomic mass is 10.0. The number of sulfonamides is 1. The number of ether oxygens (including phenoxy) is 1. The van der Waals surface area contributed by atoms with Crippen LogP contribution in [0, 0.1) is 27.7 Å². The topological polar surface area (TPSA) is 72.5 Å². The smallest absolute Gasteiger partial charge is 0.324 e. The normalized spacial score (nSPS) is 13.1. The number of hydrogen-bond donors (Lipinski definition) is 1. The summed E-state index contributed by atoms with van der Waals surface area (Å²) in [5, 5.41) is 0. The Kier molecular flexibility index (Phi) is 7.96. The highest BCUT2D eigenvalue weighted by Crippen LogP contribution is 2.26. The number of hydrogen-bond acceptors (Lipinski definition) is 5. The molecule has 0 aliphatic rings. The van der Waals surface area contributed by atoms with E-state index in [1.807, 2.05) is 26.2 Å². The van der Waals surface area contributed by atoms with Crippen LogP contribution in [0.25, 0.3) is 0 Å². The lowest BCUT2D eigenvalue weighted by molar-refractivity contribution is -0.149. The van der Waals surface area contributed by atoms with Crippen molar-refractivity contribution in [3.05, 3.63) is 28.3 Å². The Hall–Kier alpha value is -1.05. The highest BCUT2D eigenvalue weighted by Gasteiger charge is 2.30. The minimum absolute atomic E-state index is 0.261. The number of nitrogens with one attached hydrogen (secondary N) is 1. The van der Waals surface area contributed by atoms with Gasteiger partial charge in [0.2, 0.25) is 10.0 Å². The van der Waals surface area contributed by atoms with Crippen LogP contribution in [-0.2, 0) is 19.6 Å². The molecule has 1 unspecified atom stereocenters. The molecule has 1 atom stereocenters. The van der Waals surface area contributed by atoms with Gasteiger partial charge in [-0.1, -0.05) is 6.07 Å². The Morgan fingerprint density at radius 1 is 1.16 bits per heavy atom.